The van der Waals surface area contributed by atoms with E-state index in [1.807, 2.05) is 0 Å². The first-order valence-electron chi connectivity index (χ1n) is 17.1. The molecule has 0 N–H and O–H groups in total. The molecule has 1 aromatic carbocycles. The van der Waals surface area contributed by atoms with Crippen LogP contribution in [0.2, 0.25) is 0 Å². The molecule has 0 radical (unpaired) electrons. The van der Waals surface area contributed by atoms with E-state index in [1.165, 1.54) is 93.4 Å². The Morgan fingerprint density at radius 2 is 1.67 bits per heavy atom. The predicted molar refractivity (Wildman–Crippen MR) is 188 cm³/mol. The summed E-state index contributed by atoms with van der Waals surface area (Å²) in [5, 5.41) is 0. The van der Waals surface area contributed by atoms with Gasteiger partial charge in [-0.3, -0.25) is 0 Å². The summed E-state index contributed by atoms with van der Waals surface area (Å²) < 4.78 is 0. The van der Waals surface area contributed by atoms with Gasteiger partial charge in [0.05, 0.1) is 0 Å². The Labute approximate surface area is 263 Å². The van der Waals surface area contributed by atoms with Gasteiger partial charge in [-0.2, -0.15) is 0 Å². The van der Waals surface area contributed by atoms with Crippen LogP contribution in [-0.2, 0) is 6.42 Å². The number of allylic oxidation sites excluding steroid dienone is 11. The van der Waals surface area contributed by atoms with Gasteiger partial charge in [0.25, 0.3) is 0 Å². The van der Waals surface area contributed by atoms with Crippen molar-refractivity contribution in [1.29, 1.82) is 0 Å². The van der Waals surface area contributed by atoms with Crippen molar-refractivity contribution in [2.75, 3.05) is 0 Å². The van der Waals surface area contributed by atoms with E-state index >= 15 is 0 Å². The third-order valence-corrected chi connectivity index (χ3v) is 13.0. The molecule has 0 nitrogen and oxygen atoms in total. The van der Waals surface area contributed by atoms with Crippen molar-refractivity contribution in [2.24, 2.45) is 22.2 Å². The van der Waals surface area contributed by atoms with Gasteiger partial charge in [-0.15, -0.1) is 0 Å². The molecule has 1 saturated carbocycles. The van der Waals surface area contributed by atoms with Crippen molar-refractivity contribution in [1.82, 2.24) is 0 Å². The van der Waals surface area contributed by atoms with E-state index in [-0.39, 0.29) is 16.2 Å². The summed E-state index contributed by atoms with van der Waals surface area (Å²) in [5.74, 6) is 1.38. The van der Waals surface area contributed by atoms with Gasteiger partial charge in [0, 0.05) is 5.41 Å². The topological polar surface area (TPSA) is 0 Å². The van der Waals surface area contributed by atoms with E-state index in [2.05, 4.69) is 87.1 Å². The fourth-order valence-corrected chi connectivity index (χ4v) is 11.0. The van der Waals surface area contributed by atoms with Gasteiger partial charge in [-0.25, -0.2) is 0 Å². The van der Waals surface area contributed by atoms with E-state index in [1.54, 1.807) is 11.1 Å². The second kappa shape index (κ2) is 10.2. The maximum absolute atomic E-state index is 4.98. The molecule has 3 atom stereocenters. The lowest BCUT2D eigenvalue weighted by Crippen LogP contribution is -2.52. The minimum Gasteiger partial charge on any atom is -0.0955 e. The Kier molecular flexibility index (Phi) is 7.23. The van der Waals surface area contributed by atoms with E-state index in [4.69, 9.17) is 13.2 Å². The molecule has 0 unspecified atom stereocenters. The zero-order valence-electron chi connectivity index (χ0n) is 28.9. The summed E-state index contributed by atoms with van der Waals surface area (Å²) in [6.45, 7) is 35.8. The molecule has 6 rings (SSSR count). The normalized spacial score (nSPS) is 30.9. The molecular weight excluding hydrogens is 516 g/mol. The molecule has 228 valence electrons. The zero-order chi connectivity index (χ0) is 31.2. The average Bonchev–Trinajstić information content (AvgIpc) is 3.58. The van der Waals surface area contributed by atoms with Gasteiger partial charge in [-0.1, -0.05) is 121 Å². The second-order valence-electron chi connectivity index (χ2n) is 16.4. The predicted octanol–water partition coefficient (Wildman–Crippen LogP) is 12.6. The SMILES string of the molecule is C=C(C)C1=C(C)C[C@@]2(C)C[C@@]3(C)Cc4c(C(C)C)cc(C5=CC=C(CC6CCCC6)C5)c(C)c4C(=C)C3=C(C)[C@@]2(C)C1=C. The highest BCUT2D eigenvalue weighted by Gasteiger charge is 2.60. The lowest BCUT2D eigenvalue weighted by Gasteiger charge is -2.62. The smallest absolute Gasteiger partial charge is 0.0194 e. The van der Waals surface area contributed by atoms with Gasteiger partial charge in [0.2, 0.25) is 0 Å². The van der Waals surface area contributed by atoms with Crippen LogP contribution >= 0.6 is 0 Å². The molecule has 1 fully saturated rings. The molecule has 43 heavy (non-hydrogen) atoms. The van der Waals surface area contributed by atoms with Crippen LogP contribution in [0, 0.1) is 29.1 Å². The molecule has 0 amide bonds. The lowest BCUT2D eigenvalue weighted by molar-refractivity contribution is 0.0543. The summed E-state index contributed by atoms with van der Waals surface area (Å²) in [6, 6.07) is 2.58. The number of benzene rings is 1. The van der Waals surface area contributed by atoms with Crippen LogP contribution < -0.4 is 0 Å². The number of fused-ring (bicyclic) bond motifs is 3. The molecule has 0 saturated heterocycles. The van der Waals surface area contributed by atoms with Gasteiger partial charge >= 0.3 is 0 Å². The zero-order valence-corrected chi connectivity index (χ0v) is 28.9. The summed E-state index contributed by atoms with van der Waals surface area (Å²) in [7, 11) is 0. The summed E-state index contributed by atoms with van der Waals surface area (Å²) in [4.78, 5) is 0. The molecule has 0 aromatic heterocycles. The monoisotopic (exact) mass is 572 g/mol. The fourth-order valence-electron chi connectivity index (χ4n) is 11.0. The highest BCUT2D eigenvalue weighted by atomic mass is 14.6. The first-order valence-corrected chi connectivity index (χ1v) is 17.1. The Morgan fingerprint density at radius 3 is 2.30 bits per heavy atom. The first kappa shape index (κ1) is 30.4. The van der Waals surface area contributed by atoms with Gasteiger partial charge in [-0.05, 0) is 138 Å². The quantitative estimate of drug-likeness (QED) is 0.329. The van der Waals surface area contributed by atoms with Crippen LogP contribution in [-0.4, -0.2) is 0 Å². The van der Waals surface area contributed by atoms with E-state index in [0.717, 1.165) is 37.2 Å². The van der Waals surface area contributed by atoms with Crippen LogP contribution in [0.15, 0.2) is 77.0 Å². The van der Waals surface area contributed by atoms with Crippen LogP contribution in [0.5, 0.6) is 0 Å². The van der Waals surface area contributed by atoms with E-state index in [9.17, 15) is 0 Å². The Morgan fingerprint density at radius 1 is 1.00 bits per heavy atom. The third-order valence-electron chi connectivity index (χ3n) is 13.0. The minimum atomic E-state index is -0.116. The Hall–Kier alpha value is -2.60. The average molecular weight is 573 g/mol. The van der Waals surface area contributed by atoms with E-state index < -0.39 is 0 Å². The van der Waals surface area contributed by atoms with Crippen molar-refractivity contribution in [3.05, 3.63) is 105 Å². The van der Waals surface area contributed by atoms with Crippen LogP contribution in [0.25, 0.3) is 11.1 Å². The van der Waals surface area contributed by atoms with Crippen molar-refractivity contribution < 1.29 is 0 Å². The fraction of sp³-hybridized carbons (Fsp3) is 0.535. The largest absolute Gasteiger partial charge is 0.0955 e. The number of rotatable bonds is 5. The molecule has 0 heteroatoms. The number of hydrogen-bond donors (Lipinski definition) is 0. The maximum atomic E-state index is 4.98. The van der Waals surface area contributed by atoms with Gasteiger partial charge < -0.3 is 0 Å². The second-order valence-corrected chi connectivity index (χ2v) is 16.4. The van der Waals surface area contributed by atoms with Crippen molar-refractivity contribution in [3.63, 3.8) is 0 Å². The highest BCUT2D eigenvalue weighted by Crippen LogP contribution is 2.70. The van der Waals surface area contributed by atoms with Crippen LogP contribution in [0.1, 0.15) is 140 Å². The molecule has 0 bridgehead atoms. The molecule has 0 heterocycles. The Bertz CT molecular complexity index is 1580. The number of hydrogen-bond acceptors (Lipinski definition) is 0. The van der Waals surface area contributed by atoms with Crippen molar-refractivity contribution in [3.8, 4) is 0 Å². The summed E-state index contributed by atoms with van der Waals surface area (Å²) in [5.41, 5.74) is 20.1. The third kappa shape index (κ3) is 4.36. The first-order chi connectivity index (χ1) is 20.1. The van der Waals surface area contributed by atoms with Crippen molar-refractivity contribution >= 4 is 11.1 Å². The molecule has 5 aliphatic carbocycles. The minimum absolute atomic E-state index is 0.0595. The maximum Gasteiger partial charge on any atom is 0.0194 e. The summed E-state index contributed by atoms with van der Waals surface area (Å²) >= 11 is 0. The van der Waals surface area contributed by atoms with Gasteiger partial charge in [0.15, 0.2) is 0 Å². The standard InChI is InChI=1S/C43H56/c1-25(2)35-21-36(34-18-17-33(20-34)19-32-15-13-14-16-32)28(6)39-29(7)40-31(9)43(12)30(8)38(26(3)4)27(5)22-42(43,11)24-41(40,10)23-37(35)39/h17-18,21,25,32H,3,7-8,13-16,19-20,22-24H2,1-2,4-6,9-12H3/t41-,42+,43-/m1/s1. The Balaban J connectivity index is 1.47. The van der Waals surface area contributed by atoms with Crippen LogP contribution in [0.3, 0.4) is 0 Å². The molecule has 0 spiro atoms. The summed E-state index contributed by atoms with van der Waals surface area (Å²) in [6.07, 6.45) is 16.3. The van der Waals surface area contributed by atoms with Gasteiger partial charge in [0.1, 0.15) is 0 Å². The van der Waals surface area contributed by atoms with E-state index in [0.29, 0.717) is 5.92 Å². The molecule has 5 aliphatic rings. The molecule has 0 aliphatic heterocycles. The van der Waals surface area contributed by atoms with Crippen LogP contribution in [0.4, 0.5) is 0 Å². The molecular formula is C43H56. The van der Waals surface area contributed by atoms with Crippen molar-refractivity contribution in [2.45, 2.75) is 126 Å². The highest BCUT2D eigenvalue weighted by molar-refractivity contribution is 5.90. The molecule has 1 aromatic rings. The lowest BCUT2D eigenvalue weighted by atomic mass is 9.41.